The van der Waals surface area contributed by atoms with Gasteiger partial charge in [-0.1, -0.05) is 29.0 Å². The van der Waals surface area contributed by atoms with Crippen LogP contribution >= 0.6 is 22.9 Å². The van der Waals surface area contributed by atoms with Gasteiger partial charge in [-0.2, -0.15) is 0 Å². The van der Waals surface area contributed by atoms with E-state index in [1.54, 1.807) is 30.3 Å². The highest BCUT2D eigenvalue weighted by molar-refractivity contribution is 7.22. The Bertz CT molecular complexity index is 1170. The normalized spacial score (nSPS) is 10.9. The lowest BCUT2D eigenvalue weighted by atomic mass is 10.2. The molecule has 4 aromatic rings. The molecule has 0 bridgehead atoms. The van der Waals surface area contributed by atoms with Crippen LogP contribution < -0.4 is 4.90 Å². The molecular weight excluding hydrogens is 402 g/mol. The average molecular weight is 414 g/mol. The van der Waals surface area contributed by atoms with Crippen LogP contribution in [0.2, 0.25) is 5.02 Å². The lowest BCUT2D eigenvalue weighted by Gasteiger charge is -2.18. The molecule has 7 nitrogen and oxygen atoms in total. The summed E-state index contributed by atoms with van der Waals surface area (Å²) in [6.07, 6.45) is 1.52. The zero-order valence-electron chi connectivity index (χ0n) is 14.2. The van der Waals surface area contributed by atoms with Crippen molar-refractivity contribution in [3.63, 3.8) is 0 Å². The van der Waals surface area contributed by atoms with Gasteiger partial charge in [0.2, 0.25) is 0 Å². The van der Waals surface area contributed by atoms with Crippen molar-refractivity contribution in [2.24, 2.45) is 0 Å². The minimum Gasteiger partial charge on any atom is -0.467 e. The maximum Gasteiger partial charge on any atom is 0.270 e. The molecule has 0 aliphatic carbocycles. The van der Waals surface area contributed by atoms with Crippen molar-refractivity contribution in [1.29, 1.82) is 0 Å². The number of nitro groups is 1. The number of carbonyl (C=O) groups is 1. The number of rotatable bonds is 5. The van der Waals surface area contributed by atoms with E-state index in [2.05, 4.69) is 4.98 Å². The van der Waals surface area contributed by atoms with Crippen molar-refractivity contribution < 1.29 is 14.1 Å². The van der Waals surface area contributed by atoms with Crippen LogP contribution in [0.15, 0.2) is 65.3 Å². The number of hydrogen-bond acceptors (Lipinski definition) is 6. The summed E-state index contributed by atoms with van der Waals surface area (Å²) in [5.41, 5.74) is 0.749. The largest absolute Gasteiger partial charge is 0.467 e. The molecule has 0 saturated carbocycles. The van der Waals surface area contributed by atoms with Gasteiger partial charge in [0.05, 0.1) is 27.9 Å². The van der Waals surface area contributed by atoms with Crippen LogP contribution in [-0.2, 0) is 6.54 Å². The average Bonchev–Trinajstić information content (AvgIpc) is 3.34. The molecule has 1 amide bonds. The summed E-state index contributed by atoms with van der Waals surface area (Å²) in [4.78, 5) is 29.7. The van der Waals surface area contributed by atoms with Crippen LogP contribution in [0.3, 0.4) is 0 Å². The third kappa shape index (κ3) is 3.60. The number of aromatic nitrogens is 1. The van der Waals surface area contributed by atoms with Crippen LogP contribution in [0, 0.1) is 10.1 Å². The molecule has 0 unspecified atom stereocenters. The van der Waals surface area contributed by atoms with Crippen LogP contribution in [0.5, 0.6) is 0 Å². The molecule has 2 aromatic heterocycles. The zero-order valence-corrected chi connectivity index (χ0v) is 15.8. The van der Waals surface area contributed by atoms with Crippen molar-refractivity contribution in [3.05, 3.63) is 87.3 Å². The van der Waals surface area contributed by atoms with Gasteiger partial charge in [0.1, 0.15) is 5.76 Å². The first-order valence-electron chi connectivity index (χ1n) is 8.16. The molecule has 0 N–H and O–H groups in total. The monoisotopic (exact) mass is 413 g/mol. The van der Waals surface area contributed by atoms with E-state index >= 15 is 0 Å². The lowest BCUT2D eigenvalue weighted by Crippen LogP contribution is -2.30. The molecule has 4 rings (SSSR count). The van der Waals surface area contributed by atoms with Crippen molar-refractivity contribution >= 4 is 49.9 Å². The molecule has 0 atom stereocenters. The van der Waals surface area contributed by atoms with E-state index < -0.39 is 10.8 Å². The van der Waals surface area contributed by atoms with E-state index in [4.69, 9.17) is 16.0 Å². The maximum absolute atomic E-state index is 13.2. The zero-order chi connectivity index (χ0) is 19.7. The number of anilines is 1. The number of nitrogens with zero attached hydrogens (tertiary/aromatic N) is 3. The van der Waals surface area contributed by atoms with E-state index in [9.17, 15) is 14.9 Å². The lowest BCUT2D eigenvalue weighted by molar-refractivity contribution is -0.384. The number of non-ortho nitro benzene ring substituents is 1. The van der Waals surface area contributed by atoms with Crippen molar-refractivity contribution in [2.75, 3.05) is 4.90 Å². The quantitative estimate of drug-likeness (QED) is 0.327. The Morgan fingerprint density at radius 1 is 1.21 bits per heavy atom. The summed E-state index contributed by atoms with van der Waals surface area (Å²) in [5, 5.41) is 12.1. The Morgan fingerprint density at radius 3 is 2.82 bits per heavy atom. The number of hydrogen-bond donors (Lipinski definition) is 0. The van der Waals surface area contributed by atoms with Gasteiger partial charge < -0.3 is 4.42 Å². The maximum atomic E-state index is 13.2. The third-order valence-electron chi connectivity index (χ3n) is 4.01. The molecule has 0 spiro atoms. The molecule has 0 fully saturated rings. The second-order valence-electron chi connectivity index (χ2n) is 5.89. The highest BCUT2D eigenvalue weighted by Crippen LogP contribution is 2.32. The van der Waals surface area contributed by atoms with Crippen molar-refractivity contribution in [3.8, 4) is 0 Å². The number of furan rings is 1. The van der Waals surface area contributed by atoms with Crippen molar-refractivity contribution in [2.45, 2.75) is 6.54 Å². The summed E-state index contributed by atoms with van der Waals surface area (Å²) in [5.74, 6) is 0.154. The molecular formula is C19H12ClN3O4S. The fraction of sp³-hybridized carbons (Fsp3) is 0.0526. The number of halogens is 1. The summed E-state index contributed by atoms with van der Waals surface area (Å²) in [7, 11) is 0. The molecule has 28 heavy (non-hydrogen) atoms. The fourth-order valence-corrected chi connectivity index (χ4v) is 3.93. The first-order valence-corrected chi connectivity index (χ1v) is 9.35. The standard InChI is InChI=1S/C19H12ClN3O4S/c20-13-6-7-16-17(10-13)28-19(21-16)22(11-15-5-2-8-27-15)18(24)12-3-1-4-14(9-12)23(25)26/h1-10H,11H2. The van der Waals surface area contributed by atoms with Crippen molar-refractivity contribution in [1.82, 2.24) is 4.98 Å². The van der Waals surface area contributed by atoms with E-state index in [1.165, 1.54) is 46.8 Å². The van der Waals surface area contributed by atoms with Gasteiger partial charge in [0, 0.05) is 22.7 Å². The topological polar surface area (TPSA) is 89.5 Å². The van der Waals surface area contributed by atoms with Crippen LogP contribution in [0.1, 0.15) is 16.1 Å². The predicted octanol–water partition coefficient (Wildman–Crippen LogP) is 5.30. The summed E-state index contributed by atoms with van der Waals surface area (Å²) in [6, 6.07) is 14.4. The second-order valence-corrected chi connectivity index (χ2v) is 7.33. The molecule has 0 aliphatic rings. The van der Waals surface area contributed by atoms with Gasteiger partial charge in [-0.25, -0.2) is 4.98 Å². The Balaban J connectivity index is 1.77. The van der Waals surface area contributed by atoms with Gasteiger partial charge in [0.15, 0.2) is 5.13 Å². The third-order valence-corrected chi connectivity index (χ3v) is 5.29. The Kier molecular flexibility index (Phi) is 4.81. The smallest absolute Gasteiger partial charge is 0.270 e. The van der Waals surface area contributed by atoms with Crippen LogP contribution in [0.4, 0.5) is 10.8 Å². The van der Waals surface area contributed by atoms with E-state index in [0.717, 1.165) is 4.70 Å². The highest BCUT2D eigenvalue weighted by atomic mass is 35.5. The predicted molar refractivity (Wildman–Crippen MR) is 107 cm³/mol. The SMILES string of the molecule is O=C(c1cccc([N+](=O)[O-])c1)N(Cc1ccco1)c1nc2ccc(Cl)cc2s1. The summed E-state index contributed by atoms with van der Waals surface area (Å²) in [6.45, 7) is 0.141. The molecule has 9 heteroatoms. The summed E-state index contributed by atoms with van der Waals surface area (Å²) < 4.78 is 6.21. The van der Waals surface area contributed by atoms with Gasteiger partial charge in [0.25, 0.3) is 11.6 Å². The number of carbonyl (C=O) groups excluding carboxylic acids is 1. The number of thiazole rings is 1. The molecule has 140 valence electrons. The van der Waals surface area contributed by atoms with E-state index in [-0.39, 0.29) is 17.8 Å². The number of fused-ring (bicyclic) bond motifs is 1. The molecule has 0 aliphatic heterocycles. The minimum atomic E-state index is -0.534. The second kappa shape index (κ2) is 7.41. The van der Waals surface area contributed by atoms with E-state index in [0.29, 0.717) is 21.4 Å². The first-order chi connectivity index (χ1) is 13.5. The number of nitro benzene ring substituents is 1. The van der Waals surface area contributed by atoms with Gasteiger partial charge in [-0.15, -0.1) is 0 Å². The Hall–Kier alpha value is -3.23. The molecule has 2 heterocycles. The highest BCUT2D eigenvalue weighted by Gasteiger charge is 2.24. The number of benzene rings is 2. The minimum absolute atomic E-state index is 0.141. The van der Waals surface area contributed by atoms with Gasteiger partial charge >= 0.3 is 0 Å². The summed E-state index contributed by atoms with van der Waals surface area (Å²) >= 11 is 7.36. The fourth-order valence-electron chi connectivity index (χ4n) is 2.69. The van der Waals surface area contributed by atoms with Crippen LogP contribution in [0.25, 0.3) is 10.2 Å². The molecule has 0 radical (unpaired) electrons. The Labute approximate surface area is 167 Å². The first kappa shape index (κ1) is 18.1. The van der Waals surface area contributed by atoms with Gasteiger partial charge in [-0.05, 0) is 36.4 Å². The molecule has 0 saturated heterocycles. The van der Waals surface area contributed by atoms with Crippen LogP contribution in [-0.4, -0.2) is 15.8 Å². The molecule has 2 aromatic carbocycles. The van der Waals surface area contributed by atoms with Gasteiger partial charge in [-0.3, -0.25) is 19.8 Å². The Morgan fingerprint density at radius 2 is 2.07 bits per heavy atom. The van der Waals surface area contributed by atoms with E-state index in [1.807, 2.05) is 0 Å². The number of amides is 1.